The average Bonchev–Trinajstić information content (AvgIpc) is 3.05. The summed E-state index contributed by atoms with van der Waals surface area (Å²) in [6.45, 7) is 1.88. The fraction of sp³-hybridized carbons (Fsp3) is 0.538. The fourth-order valence-corrected chi connectivity index (χ4v) is 2.30. The van der Waals surface area contributed by atoms with E-state index in [1.165, 1.54) is 0 Å². The zero-order chi connectivity index (χ0) is 14.4. The predicted molar refractivity (Wildman–Crippen MR) is 57.6 cm³/mol. The van der Waals surface area contributed by atoms with Crippen molar-refractivity contribution < 1.29 is 26.3 Å². The third-order valence-corrected chi connectivity index (χ3v) is 3.49. The summed E-state index contributed by atoms with van der Waals surface area (Å²) in [6.07, 6.45) is -8.09. The lowest BCUT2D eigenvalue weighted by Gasteiger charge is -2.14. The Balaban J connectivity index is 2.44. The molecule has 0 unspecified atom stereocenters. The first-order valence-corrected chi connectivity index (χ1v) is 5.92. The van der Waals surface area contributed by atoms with Crippen LogP contribution in [0.15, 0.2) is 18.2 Å². The molecule has 0 aliphatic heterocycles. The van der Waals surface area contributed by atoms with Crippen LogP contribution < -0.4 is 0 Å². The molecule has 1 aliphatic rings. The summed E-state index contributed by atoms with van der Waals surface area (Å²) in [5, 5.41) is 0. The first kappa shape index (κ1) is 14.2. The van der Waals surface area contributed by atoms with E-state index in [-0.39, 0.29) is 23.5 Å². The molecule has 2 atom stereocenters. The van der Waals surface area contributed by atoms with Crippen LogP contribution >= 0.6 is 0 Å². The van der Waals surface area contributed by atoms with Crippen molar-refractivity contribution in [3.63, 3.8) is 0 Å². The number of alkyl halides is 6. The van der Waals surface area contributed by atoms with Crippen molar-refractivity contribution in [2.45, 2.75) is 38.0 Å². The minimum atomic E-state index is -4.76. The largest absolute Gasteiger partial charge is 0.416 e. The van der Waals surface area contributed by atoms with Gasteiger partial charge >= 0.3 is 12.4 Å². The van der Waals surface area contributed by atoms with Gasteiger partial charge in [-0.2, -0.15) is 26.3 Å². The molecule has 6 heteroatoms. The summed E-state index contributed by atoms with van der Waals surface area (Å²) in [4.78, 5) is 0. The van der Waals surface area contributed by atoms with E-state index >= 15 is 0 Å². The van der Waals surface area contributed by atoms with Gasteiger partial charge in [0, 0.05) is 0 Å². The lowest BCUT2D eigenvalue weighted by Crippen LogP contribution is -2.11. The third-order valence-electron chi connectivity index (χ3n) is 3.49. The smallest absolute Gasteiger partial charge is 0.166 e. The van der Waals surface area contributed by atoms with Gasteiger partial charge in [0.15, 0.2) is 0 Å². The average molecular weight is 282 g/mol. The summed E-state index contributed by atoms with van der Waals surface area (Å²) >= 11 is 0. The lowest BCUT2D eigenvalue weighted by molar-refractivity contribution is -0.143. The van der Waals surface area contributed by atoms with E-state index < -0.39 is 23.5 Å². The monoisotopic (exact) mass is 282 g/mol. The molecule has 2 rings (SSSR count). The van der Waals surface area contributed by atoms with E-state index in [1.807, 2.05) is 6.92 Å². The molecule has 0 amide bonds. The van der Waals surface area contributed by atoms with Crippen LogP contribution in [0, 0.1) is 5.92 Å². The number of hydrogen-bond acceptors (Lipinski definition) is 0. The molecular weight excluding hydrogens is 270 g/mol. The maximum atomic E-state index is 12.6. The SMILES string of the molecule is CC[C@H]1C[C@@H]1c1cc(C(F)(F)F)cc(C(F)(F)F)c1. The predicted octanol–water partition coefficient (Wildman–Crippen LogP) is 5.24. The quantitative estimate of drug-likeness (QED) is 0.651. The number of halogens is 6. The number of hydrogen-bond donors (Lipinski definition) is 0. The zero-order valence-corrected chi connectivity index (χ0v) is 10.1. The Morgan fingerprint density at radius 3 is 1.74 bits per heavy atom. The second-order valence-corrected chi connectivity index (χ2v) is 4.85. The Morgan fingerprint density at radius 1 is 0.947 bits per heavy atom. The molecule has 106 valence electrons. The molecule has 0 spiro atoms. The molecule has 1 aliphatic carbocycles. The van der Waals surface area contributed by atoms with Gasteiger partial charge < -0.3 is 0 Å². The summed E-state index contributed by atoms with van der Waals surface area (Å²) < 4.78 is 75.8. The van der Waals surface area contributed by atoms with Crippen molar-refractivity contribution in [3.05, 3.63) is 34.9 Å². The van der Waals surface area contributed by atoms with E-state index in [0.29, 0.717) is 6.42 Å². The second-order valence-electron chi connectivity index (χ2n) is 4.85. The van der Waals surface area contributed by atoms with Crippen LogP contribution in [0.1, 0.15) is 42.4 Å². The van der Waals surface area contributed by atoms with E-state index in [9.17, 15) is 26.3 Å². The van der Waals surface area contributed by atoms with Gasteiger partial charge in [0.2, 0.25) is 0 Å². The molecule has 1 saturated carbocycles. The van der Waals surface area contributed by atoms with Gasteiger partial charge in [-0.25, -0.2) is 0 Å². The van der Waals surface area contributed by atoms with Crippen LogP contribution in [-0.4, -0.2) is 0 Å². The number of rotatable bonds is 2. The molecule has 0 bridgehead atoms. The summed E-state index contributed by atoms with van der Waals surface area (Å²) in [5.74, 6) is 0.0259. The molecule has 0 radical (unpaired) electrons. The van der Waals surface area contributed by atoms with E-state index in [1.54, 1.807) is 0 Å². The summed E-state index contributed by atoms with van der Waals surface area (Å²) in [6, 6.07) is 1.86. The van der Waals surface area contributed by atoms with Crippen LogP contribution in [0.5, 0.6) is 0 Å². The summed E-state index contributed by atoms with van der Waals surface area (Å²) in [5.41, 5.74) is -2.30. The van der Waals surface area contributed by atoms with Gasteiger partial charge in [-0.15, -0.1) is 0 Å². The molecular formula is C13H12F6. The highest BCUT2D eigenvalue weighted by atomic mass is 19.4. The highest BCUT2D eigenvalue weighted by Crippen LogP contribution is 2.51. The molecule has 0 heterocycles. The molecule has 1 aromatic carbocycles. The van der Waals surface area contributed by atoms with E-state index in [0.717, 1.165) is 18.6 Å². The third kappa shape index (κ3) is 3.04. The van der Waals surface area contributed by atoms with Gasteiger partial charge in [-0.3, -0.25) is 0 Å². The van der Waals surface area contributed by atoms with Gasteiger partial charge in [0.1, 0.15) is 0 Å². The zero-order valence-electron chi connectivity index (χ0n) is 10.1. The van der Waals surface area contributed by atoms with Gasteiger partial charge in [0.25, 0.3) is 0 Å². The van der Waals surface area contributed by atoms with E-state index in [4.69, 9.17) is 0 Å². The minimum absolute atomic E-state index is 0.147. The van der Waals surface area contributed by atoms with E-state index in [2.05, 4.69) is 0 Å². The summed E-state index contributed by atoms with van der Waals surface area (Å²) in [7, 11) is 0. The Hall–Kier alpha value is -1.20. The molecule has 0 N–H and O–H groups in total. The Labute approximate surface area is 106 Å². The molecule has 19 heavy (non-hydrogen) atoms. The number of benzene rings is 1. The second kappa shape index (κ2) is 4.42. The van der Waals surface area contributed by atoms with Crippen molar-refractivity contribution in [1.82, 2.24) is 0 Å². The van der Waals surface area contributed by atoms with Crippen LogP contribution in [-0.2, 0) is 12.4 Å². The van der Waals surface area contributed by atoms with Crippen molar-refractivity contribution in [2.24, 2.45) is 5.92 Å². The first-order chi connectivity index (χ1) is 8.63. The van der Waals surface area contributed by atoms with Crippen molar-refractivity contribution >= 4 is 0 Å². The Bertz CT molecular complexity index is 439. The van der Waals surface area contributed by atoms with Crippen LogP contribution in [0.4, 0.5) is 26.3 Å². The molecule has 0 aromatic heterocycles. The Morgan fingerprint density at radius 2 is 1.42 bits per heavy atom. The van der Waals surface area contributed by atoms with Gasteiger partial charge in [-0.05, 0) is 42.0 Å². The Kier molecular flexibility index (Phi) is 3.31. The van der Waals surface area contributed by atoms with Gasteiger partial charge in [0.05, 0.1) is 11.1 Å². The van der Waals surface area contributed by atoms with Crippen LogP contribution in [0.25, 0.3) is 0 Å². The highest BCUT2D eigenvalue weighted by molar-refractivity contribution is 5.37. The molecule has 1 fully saturated rings. The maximum Gasteiger partial charge on any atom is 0.416 e. The first-order valence-electron chi connectivity index (χ1n) is 5.92. The van der Waals surface area contributed by atoms with Crippen molar-refractivity contribution in [2.75, 3.05) is 0 Å². The standard InChI is InChI=1S/C13H12F6/c1-2-7-5-11(7)8-3-9(12(14,15)16)6-10(4-8)13(17,18)19/h3-4,6-7,11H,2,5H2,1H3/t7-,11-/m0/s1. The van der Waals surface area contributed by atoms with Crippen molar-refractivity contribution in [3.8, 4) is 0 Å². The highest BCUT2D eigenvalue weighted by Gasteiger charge is 2.41. The lowest BCUT2D eigenvalue weighted by atomic mass is 10.0. The molecule has 1 aromatic rings. The van der Waals surface area contributed by atoms with Crippen LogP contribution in [0.3, 0.4) is 0 Å². The topological polar surface area (TPSA) is 0 Å². The maximum absolute atomic E-state index is 12.6. The van der Waals surface area contributed by atoms with Crippen LogP contribution in [0.2, 0.25) is 0 Å². The molecule has 0 nitrogen and oxygen atoms in total. The minimum Gasteiger partial charge on any atom is -0.166 e. The fourth-order valence-electron chi connectivity index (χ4n) is 2.30. The molecule has 0 saturated heterocycles. The van der Waals surface area contributed by atoms with Crippen molar-refractivity contribution in [1.29, 1.82) is 0 Å². The normalized spacial score (nSPS) is 23.5. The van der Waals surface area contributed by atoms with Gasteiger partial charge in [-0.1, -0.05) is 13.3 Å².